The second kappa shape index (κ2) is 5.53. The standard InChI is InChI=1S/C19H16BrNO2/c20-16-6-2-5-15-13-3-1-4-14(13)17(21-18(15)16)11-7-9-12(10-8-11)19(22)23/h1-3,5-10,13-14,17,21H,4H2,(H,22,23)/p-1/t13-,14+,17-/m0/s1. The zero-order chi connectivity index (χ0) is 16.0. The van der Waals surface area contributed by atoms with E-state index in [1.54, 1.807) is 12.1 Å². The molecule has 3 nitrogen and oxygen atoms in total. The van der Waals surface area contributed by atoms with Gasteiger partial charge in [-0.15, -0.1) is 0 Å². The number of fused-ring (bicyclic) bond motifs is 3. The van der Waals surface area contributed by atoms with Gasteiger partial charge in [0.25, 0.3) is 0 Å². The Morgan fingerprint density at radius 3 is 2.70 bits per heavy atom. The second-order valence-corrected chi connectivity index (χ2v) is 6.94. The normalized spacial score (nSPS) is 24.7. The van der Waals surface area contributed by atoms with Gasteiger partial charge in [-0.2, -0.15) is 0 Å². The van der Waals surface area contributed by atoms with Crippen LogP contribution in [-0.4, -0.2) is 5.97 Å². The Hall–Kier alpha value is -2.07. The molecule has 0 radical (unpaired) electrons. The molecule has 3 atom stereocenters. The van der Waals surface area contributed by atoms with Gasteiger partial charge in [0.05, 0.1) is 17.7 Å². The lowest BCUT2D eigenvalue weighted by Gasteiger charge is -2.38. The molecule has 116 valence electrons. The molecular formula is C19H15BrNO2-. The Balaban J connectivity index is 1.75. The lowest BCUT2D eigenvalue weighted by molar-refractivity contribution is -0.255. The van der Waals surface area contributed by atoms with Gasteiger partial charge in [-0.05, 0) is 51.0 Å². The van der Waals surface area contributed by atoms with Crippen molar-refractivity contribution in [3.8, 4) is 0 Å². The predicted molar refractivity (Wildman–Crippen MR) is 91.3 cm³/mol. The molecule has 0 aromatic heterocycles. The molecule has 23 heavy (non-hydrogen) atoms. The molecule has 1 aliphatic carbocycles. The predicted octanol–water partition coefficient (Wildman–Crippen LogP) is 3.64. The topological polar surface area (TPSA) is 52.2 Å². The minimum atomic E-state index is -1.14. The minimum absolute atomic E-state index is 0.164. The Labute approximate surface area is 143 Å². The summed E-state index contributed by atoms with van der Waals surface area (Å²) in [6, 6.07) is 13.5. The van der Waals surface area contributed by atoms with E-state index in [1.165, 1.54) is 5.56 Å². The summed E-state index contributed by atoms with van der Waals surface area (Å²) in [7, 11) is 0. The molecule has 0 spiro atoms. The summed E-state index contributed by atoms with van der Waals surface area (Å²) in [6.07, 6.45) is 5.56. The summed E-state index contributed by atoms with van der Waals surface area (Å²) in [5.74, 6) is -0.290. The van der Waals surface area contributed by atoms with Gasteiger partial charge < -0.3 is 15.2 Å². The number of carbonyl (C=O) groups is 1. The van der Waals surface area contributed by atoms with Crippen LogP contribution in [0.15, 0.2) is 59.1 Å². The number of hydrogen-bond donors (Lipinski definition) is 1. The molecule has 0 bridgehead atoms. The van der Waals surface area contributed by atoms with E-state index in [-0.39, 0.29) is 11.6 Å². The van der Waals surface area contributed by atoms with E-state index in [1.807, 2.05) is 18.2 Å². The van der Waals surface area contributed by atoms with Crippen molar-refractivity contribution in [3.63, 3.8) is 0 Å². The number of halogens is 1. The third kappa shape index (κ3) is 2.38. The molecule has 1 aliphatic heterocycles. The van der Waals surface area contributed by atoms with Crippen LogP contribution in [0.4, 0.5) is 5.69 Å². The van der Waals surface area contributed by atoms with Crippen molar-refractivity contribution >= 4 is 27.6 Å². The number of carbonyl (C=O) groups excluding carboxylic acids is 1. The highest BCUT2D eigenvalue weighted by Gasteiger charge is 2.38. The molecule has 2 aromatic carbocycles. The molecule has 1 heterocycles. The molecule has 2 aliphatic rings. The number of carboxylic acids is 1. The van der Waals surface area contributed by atoms with Gasteiger partial charge in [0, 0.05) is 10.4 Å². The van der Waals surface area contributed by atoms with Gasteiger partial charge in [-0.3, -0.25) is 0 Å². The average Bonchev–Trinajstić information content (AvgIpc) is 3.04. The van der Waals surface area contributed by atoms with E-state index >= 15 is 0 Å². The summed E-state index contributed by atoms with van der Waals surface area (Å²) in [4.78, 5) is 10.9. The Morgan fingerprint density at radius 2 is 1.96 bits per heavy atom. The van der Waals surface area contributed by atoms with Crippen LogP contribution in [-0.2, 0) is 0 Å². The quantitative estimate of drug-likeness (QED) is 0.823. The van der Waals surface area contributed by atoms with Crippen molar-refractivity contribution in [2.24, 2.45) is 5.92 Å². The largest absolute Gasteiger partial charge is 0.545 e. The van der Waals surface area contributed by atoms with Crippen LogP contribution < -0.4 is 10.4 Å². The molecular weight excluding hydrogens is 354 g/mol. The maximum Gasteiger partial charge on any atom is 0.0715 e. The number of nitrogens with one attached hydrogen (secondary N) is 1. The number of benzene rings is 2. The van der Waals surface area contributed by atoms with Crippen molar-refractivity contribution in [2.75, 3.05) is 5.32 Å². The zero-order valence-corrected chi connectivity index (χ0v) is 13.9. The summed E-state index contributed by atoms with van der Waals surface area (Å²) < 4.78 is 1.06. The fourth-order valence-corrected chi connectivity index (χ4v) is 4.24. The first-order chi connectivity index (χ1) is 11.1. The van der Waals surface area contributed by atoms with Crippen molar-refractivity contribution in [1.82, 2.24) is 0 Å². The van der Waals surface area contributed by atoms with Crippen LogP contribution in [0.1, 0.15) is 39.9 Å². The minimum Gasteiger partial charge on any atom is -0.545 e. The van der Waals surface area contributed by atoms with E-state index in [0.717, 1.165) is 22.1 Å². The van der Waals surface area contributed by atoms with Crippen molar-refractivity contribution in [1.29, 1.82) is 0 Å². The number of allylic oxidation sites excluding steroid dienone is 2. The highest BCUT2D eigenvalue weighted by atomic mass is 79.9. The molecule has 4 heteroatoms. The molecule has 0 fully saturated rings. The van der Waals surface area contributed by atoms with Gasteiger partial charge in [0.15, 0.2) is 0 Å². The van der Waals surface area contributed by atoms with Crippen LogP contribution in [0.5, 0.6) is 0 Å². The average molecular weight is 369 g/mol. The number of aromatic carboxylic acids is 1. The summed E-state index contributed by atoms with van der Waals surface area (Å²) in [5.41, 5.74) is 3.78. The van der Waals surface area contributed by atoms with E-state index < -0.39 is 5.97 Å². The third-order valence-electron chi connectivity index (χ3n) is 4.85. The Kier molecular flexibility index (Phi) is 3.49. The molecule has 4 rings (SSSR count). The van der Waals surface area contributed by atoms with E-state index in [2.05, 4.69) is 45.5 Å². The summed E-state index contributed by atoms with van der Waals surface area (Å²) in [6.45, 7) is 0. The second-order valence-electron chi connectivity index (χ2n) is 6.09. The fraction of sp³-hybridized carbons (Fsp3) is 0.211. The first-order valence-electron chi connectivity index (χ1n) is 7.68. The van der Waals surface area contributed by atoms with Gasteiger partial charge in [0.1, 0.15) is 0 Å². The maximum atomic E-state index is 10.9. The molecule has 1 N–H and O–H groups in total. The molecule has 0 saturated heterocycles. The van der Waals surface area contributed by atoms with Crippen LogP contribution in [0, 0.1) is 5.92 Å². The number of anilines is 1. The van der Waals surface area contributed by atoms with Crippen LogP contribution in [0.3, 0.4) is 0 Å². The van der Waals surface area contributed by atoms with E-state index in [9.17, 15) is 9.90 Å². The lowest BCUT2D eigenvalue weighted by Crippen LogP contribution is -2.29. The van der Waals surface area contributed by atoms with E-state index in [4.69, 9.17) is 0 Å². The van der Waals surface area contributed by atoms with Gasteiger partial charge >= 0.3 is 0 Å². The number of carboxylic acid groups (broad SMARTS) is 1. The van der Waals surface area contributed by atoms with Crippen molar-refractivity contribution < 1.29 is 9.90 Å². The first-order valence-corrected chi connectivity index (χ1v) is 8.47. The molecule has 0 amide bonds. The number of hydrogen-bond acceptors (Lipinski definition) is 3. The first kappa shape index (κ1) is 14.5. The van der Waals surface area contributed by atoms with E-state index in [0.29, 0.717) is 11.8 Å². The SMILES string of the molecule is O=C([O-])c1ccc([C@@H]2Nc3c(Br)cccc3[C@H]3C=CC[C@H]32)cc1. The van der Waals surface area contributed by atoms with Crippen LogP contribution in [0.25, 0.3) is 0 Å². The fourth-order valence-electron chi connectivity index (χ4n) is 3.74. The number of rotatable bonds is 2. The van der Waals surface area contributed by atoms with Gasteiger partial charge in [-0.25, -0.2) is 0 Å². The monoisotopic (exact) mass is 368 g/mol. The highest BCUT2D eigenvalue weighted by molar-refractivity contribution is 9.10. The number of para-hydroxylation sites is 1. The van der Waals surface area contributed by atoms with Crippen LogP contribution in [0.2, 0.25) is 0 Å². The highest BCUT2D eigenvalue weighted by Crippen LogP contribution is 2.51. The summed E-state index contributed by atoms with van der Waals surface area (Å²) in [5, 5.41) is 14.6. The van der Waals surface area contributed by atoms with Crippen molar-refractivity contribution in [2.45, 2.75) is 18.4 Å². The smallest absolute Gasteiger partial charge is 0.0715 e. The van der Waals surface area contributed by atoms with Crippen molar-refractivity contribution in [3.05, 3.63) is 75.8 Å². The third-order valence-corrected chi connectivity index (χ3v) is 5.51. The van der Waals surface area contributed by atoms with Gasteiger partial charge in [-0.1, -0.05) is 48.6 Å². The molecule has 0 unspecified atom stereocenters. The van der Waals surface area contributed by atoms with Crippen LogP contribution >= 0.6 is 15.9 Å². The maximum absolute atomic E-state index is 10.9. The Morgan fingerprint density at radius 1 is 1.17 bits per heavy atom. The molecule has 2 aromatic rings. The van der Waals surface area contributed by atoms with Gasteiger partial charge in [0.2, 0.25) is 0 Å². The molecule has 0 saturated carbocycles. The lowest BCUT2D eigenvalue weighted by atomic mass is 9.77. The Bertz CT molecular complexity index is 798. The zero-order valence-electron chi connectivity index (χ0n) is 12.3. The summed E-state index contributed by atoms with van der Waals surface area (Å²) >= 11 is 3.64.